The van der Waals surface area contributed by atoms with Crippen LogP contribution in [-0.2, 0) is 16.1 Å². The van der Waals surface area contributed by atoms with Crippen LogP contribution in [-0.4, -0.2) is 47.4 Å². The Balaban J connectivity index is 1.85. The van der Waals surface area contributed by atoms with Gasteiger partial charge in [-0.25, -0.2) is 4.79 Å². The summed E-state index contributed by atoms with van der Waals surface area (Å²) in [5.74, 6) is -0.675. The summed E-state index contributed by atoms with van der Waals surface area (Å²) < 4.78 is 11.1. The van der Waals surface area contributed by atoms with Gasteiger partial charge in [0.1, 0.15) is 0 Å². The maximum absolute atomic E-state index is 12.3. The van der Waals surface area contributed by atoms with Crippen molar-refractivity contribution in [1.29, 1.82) is 0 Å². The van der Waals surface area contributed by atoms with Gasteiger partial charge in [0.05, 0.1) is 24.8 Å². The lowest BCUT2D eigenvalue weighted by atomic mass is 10.2. The summed E-state index contributed by atoms with van der Waals surface area (Å²) in [5, 5.41) is 0.347. The number of carbonyl (C=O) groups is 3. The number of nitrogens with zero attached hydrogens (tertiary/aromatic N) is 2. The summed E-state index contributed by atoms with van der Waals surface area (Å²) in [6, 6.07) is 2.69. The van der Waals surface area contributed by atoms with Crippen molar-refractivity contribution in [3.8, 4) is 11.5 Å². The number of ether oxygens (including phenoxy) is 2. The second kappa shape index (κ2) is 6.68. The number of imide groups is 2. The molecule has 0 radical (unpaired) electrons. The predicted molar refractivity (Wildman–Crippen MR) is 85.0 cm³/mol. The summed E-state index contributed by atoms with van der Waals surface area (Å²) in [4.78, 5) is 38.1. The third-order valence-corrected chi connectivity index (χ3v) is 4.07. The number of amides is 4. The minimum Gasteiger partial charge on any atom is -0.489 e. The largest absolute Gasteiger partial charge is 0.489 e. The van der Waals surface area contributed by atoms with Crippen LogP contribution in [0.2, 0.25) is 5.02 Å². The molecule has 3 rings (SSSR count). The zero-order valence-electron chi connectivity index (χ0n) is 13.2. The molecule has 128 valence electrons. The van der Waals surface area contributed by atoms with Gasteiger partial charge >= 0.3 is 17.8 Å². The molecule has 2 aliphatic rings. The van der Waals surface area contributed by atoms with Gasteiger partial charge < -0.3 is 9.47 Å². The highest BCUT2D eigenvalue weighted by Gasteiger charge is 2.43. The predicted octanol–water partition coefficient (Wildman–Crippen LogP) is 2.20. The van der Waals surface area contributed by atoms with Crippen molar-refractivity contribution in [3.63, 3.8) is 0 Å². The molecule has 0 unspecified atom stereocenters. The Labute approximate surface area is 144 Å². The van der Waals surface area contributed by atoms with E-state index in [4.69, 9.17) is 21.1 Å². The molecule has 2 heterocycles. The summed E-state index contributed by atoms with van der Waals surface area (Å²) in [5.41, 5.74) is 0.595. The van der Waals surface area contributed by atoms with E-state index >= 15 is 0 Å². The number of rotatable bonds is 4. The van der Waals surface area contributed by atoms with Crippen molar-refractivity contribution < 1.29 is 23.9 Å². The number of carbonyl (C=O) groups excluding carboxylic acids is 3. The second-order valence-electron chi connectivity index (χ2n) is 5.59. The van der Waals surface area contributed by atoms with E-state index in [0.717, 1.165) is 16.2 Å². The summed E-state index contributed by atoms with van der Waals surface area (Å²) in [7, 11) is 0. The second-order valence-corrected chi connectivity index (χ2v) is 5.99. The van der Waals surface area contributed by atoms with Gasteiger partial charge in [-0.05, 0) is 24.1 Å². The minimum absolute atomic E-state index is 0.0417. The first-order valence-corrected chi connectivity index (χ1v) is 8.16. The third-order valence-electron chi connectivity index (χ3n) is 3.78. The zero-order chi connectivity index (χ0) is 17.3. The number of benzene rings is 1. The fourth-order valence-electron chi connectivity index (χ4n) is 2.67. The Kier molecular flexibility index (Phi) is 4.62. The van der Waals surface area contributed by atoms with E-state index in [2.05, 4.69) is 0 Å². The highest BCUT2D eigenvalue weighted by Crippen LogP contribution is 2.38. The van der Waals surface area contributed by atoms with Gasteiger partial charge in [0.25, 0.3) is 0 Å². The molecular weight excluding hydrogens is 336 g/mol. The molecule has 0 atom stereocenters. The molecule has 1 aromatic rings. The molecule has 0 N–H and O–H groups in total. The van der Waals surface area contributed by atoms with Crippen LogP contribution >= 0.6 is 11.6 Å². The number of urea groups is 1. The van der Waals surface area contributed by atoms with E-state index in [1.54, 1.807) is 12.1 Å². The summed E-state index contributed by atoms with van der Waals surface area (Å²) in [6.07, 6.45) is 1.33. The van der Waals surface area contributed by atoms with Gasteiger partial charge in [0, 0.05) is 13.0 Å². The highest BCUT2D eigenvalue weighted by molar-refractivity contribution is 6.44. The Bertz CT molecular complexity index is 706. The van der Waals surface area contributed by atoms with Gasteiger partial charge in [-0.15, -0.1) is 0 Å². The average Bonchev–Trinajstić information content (AvgIpc) is 2.76. The molecule has 4 amide bonds. The lowest BCUT2D eigenvalue weighted by molar-refractivity contribution is -0.143. The first-order chi connectivity index (χ1) is 11.5. The molecule has 1 saturated heterocycles. The zero-order valence-corrected chi connectivity index (χ0v) is 14.0. The maximum atomic E-state index is 12.3. The van der Waals surface area contributed by atoms with E-state index < -0.39 is 17.8 Å². The van der Waals surface area contributed by atoms with E-state index in [9.17, 15) is 14.4 Å². The third kappa shape index (κ3) is 2.91. The first-order valence-electron chi connectivity index (χ1n) is 7.78. The highest BCUT2D eigenvalue weighted by atomic mass is 35.5. The van der Waals surface area contributed by atoms with Gasteiger partial charge in [-0.1, -0.05) is 18.5 Å². The molecule has 0 bridgehead atoms. The molecule has 0 spiro atoms. The Hall–Kier alpha value is -2.28. The van der Waals surface area contributed by atoms with Crippen LogP contribution in [0, 0.1) is 0 Å². The molecule has 1 aromatic carbocycles. The van der Waals surface area contributed by atoms with Crippen molar-refractivity contribution in [3.05, 3.63) is 22.7 Å². The van der Waals surface area contributed by atoms with Crippen molar-refractivity contribution >= 4 is 29.4 Å². The Morgan fingerprint density at radius 1 is 1.08 bits per heavy atom. The van der Waals surface area contributed by atoms with Crippen LogP contribution < -0.4 is 9.47 Å². The van der Waals surface area contributed by atoms with Crippen LogP contribution in [0.15, 0.2) is 12.1 Å². The molecular formula is C16H17ClN2O5. The minimum atomic E-state index is -0.823. The van der Waals surface area contributed by atoms with Crippen molar-refractivity contribution in [2.75, 3.05) is 19.8 Å². The Morgan fingerprint density at radius 2 is 1.79 bits per heavy atom. The lowest BCUT2D eigenvalue weighted by Gasteiger charge is -2.16. The van der Waals surface area contributed by atoms with Crippen LogP contribution in [0.4, 0.5) is 4.79 Å². The van der Waals surface area contributed by atoms with E-state index in [1.165, 1.54) is 0 Å². The molecule has 1 fully saturated rings. The molecule has 24 heavy (non-hydrogen) atoms. The SMILES string of the molecule is CCCN1C(=O)C(=O)N(Cc2cc(Cl)c3c(c2)OCCCO3)C1=O. The van der Waals surface area contributed by atoms with Crippen molar-refractivity contribution in [2.24, 2.45) is 0 Å². The van der Waals surface area contributed by atoms with Crippen LogP contribution in [0.1, 0.15) is 25.3 Å². The van der Waals surface area contributed by atoms with Crippen LogP contribution in [0.5, 0.6) is 11.5 Å². The molecule has 8 heteroatoms. The molecule has 7 nitrogen and oxygen atoms in total. The van der Waals surface area contributed by atoms with Gasteiger partial charge in [-0.3, -0.25) is 19.4 Å². The average molecular weight is 353 g/mol. The van der Waals surface area contributed by atoms with Gasteiger partial charge in [0.2, 0.25) is 0 Å². The standard InChI is InChI=1S/C16H17ClN2O5/c1-2-4-18-14(20)15(21)19(16(18)22)9-10-7-11(17)13-12(8-10)23-5-3-6-24-13/h7-8H,2-6,9H2,1H3. The normalized spacial score (nSPS) is 17.5. The summed E-state index contributed by atoms with van der Waals surface area (Å²) >= 11 is 6.21. The fraction of sp³-hybridized carbons (Fsp3) is 0.438. The van der Waals surface area contributed by atoms with E-state index in [0.29, 0.717) is 41.7 Å². The van der Waals surface area contributed by atoms with E-state index in [-0.39, 0.29) is 13.1 Å². The lowest BCUT2D eigenvalue weighted by Crippen LogP contribution is -2.33. The molecule has 0 saturated carbocycles. The fourth-order valence-corrected chi connectivity index (χ4v) is 2.96. The van der Waals surface area contributed by atoms with Crippen molar-refractivity contribution in [1.82, 2.24) is 9.80 Å². The number of fused-ring (bicyclic) bond motifs is 1. The van der Waals surface area contributed by atoms with Crippen molar-refractivity contribution in [2.45, 2.75) is 26.3 Å². The number of halogens is 1. The number of hydrogen-bond donors (Lipinski definition) is 0. The topological polar surface area (TPSA) is 76.2 Å². The van der Waals surface area contributed by atoms with E-state index in [1.807, 2.05) is 6.92 Å². The molecule has 0 aliphatic carbocycles. The quantitative estimate of drug-likeness (QED) is 0.613. The van der Waals surface area contributed by atoms with Crippen LogP contribution in [0.3, 0.4) is 0 Å². The maximum Gasteiger partial charge on any atom is 0.334 e. The first kappa shape index (κ1) is 16.6. The smallest absolute Gasteiger partial charge is 0.334 e. The monoisotopic (exact) mass is 352 g/mol. The molecule has 2 aliphatic heterocycles. The van der Waals surface area contributed by atoms with Gasteiger partial charge in [0.15, 0.2) is 11.5 Å². The number of hydrogen-bond acceptors (Lipinski definition) is 5. The summed E-state index contributed by atoms with van der Waals surface area (Å²) in [6.45, 7) is 3.02. The van der Waals surface area contributed by atoms with Gasteiger partial charge in [-0.2, -0.15) is 0 Å². The van der Waals surface area contributed by atoms with Crippen LogP contribution in [0.25, 0.3) is 0 Å². The Morgan fingerprint density at radius 3 is 2.54 bits per heavy atom. The molecule has 0 aromatic heterocycles.